The molecule has 10 heteroatoms. The highest BCUT2D eigenvalue weighted by Gasteiger charge is 2.25. The van der Waals surface area contributed by atoms with Crippen LogP contribution in [0.2, 0.25) is 0 Å². The second kappa shape index (κ2) is 8.70. The van der Waals surface area contributed by atoms with Crippen molar-refractivity contribution in [2.45, 2.75) is 25.9 Å². The molecular formula is C25H25FN8O. The van der Waals surface area contributed by atoms with E-state index in [2.05, 4.69) is 32.2 Å². The molecule has 0 unspecified atom stereocenters. The first-order valence-electron chi connectivity index (χ1n) is 11.8. The molecule has 1 N–H and O–H groups in total. The van der Waals surface area contributed by atoms with Gasteiger partial charge in [0.25, 0.3) is 0 Å². The van der Waals surface area contributed by atoms with Crippen molar-refractivity contribution in [3.63, 3.8) is 0 Å². The number of carbonyl (C=O) groups is 1. The highest BCUT2D eigenvalue weighted by molar-refractivity contribution is 5.90. The van der Waals surface area contributed by atoms with Gasteiger partial charge in [-0.1, -0.05) is 0 Å². The molecule has 1 amide bonds. The van der Waals surface area contributed by atoms with Crippen LogP contribution in [0, 0.1) is 5.82 Å². The Morgan fingerprint density at radius 3 is 3.00 bits per heavy atom. The monoisotopic (exact) mass is 472 g/mol. The van der Waals surface area contributed by atoms with E-state index in [4.69, 9.17) is 4.98 Å². The molecule has 0 aliphatic carbocycles. The van der Waals surface area contributed by atoms with Crippen molar-refractivity contribution in [3.05, 3.63) is 60.4 Å². The quantitative estimate of drug-likeness (QED) is 0.488. The zero-order valence-electron chi connectivity index (χ0n) is 19.4. The first-order chi connectivity index (χ1) is 17.0. The van der Waals surface area contributed by atoms with Crippen LogP contribution >= 0.6 is 0 Å². The number of amides is 1. The summed E-state index contributed by atoms with van der Waals surface area (Å²) in [5.74, 6) is 0.511. The van der Waals surface area contributed by atoms with Gasteiger partial charge in [0.1, 0.15) is 24.2 Å². The number of nitrogens with zero attached hydrogens (tertiary/aromatic N) is 7. The van der Waals surface area contributed by atoms with Crippen molar-refractivity contribution >= 4 is 28.4 Å². The molecule has 4 aromatic rings. The van der Waals surface area contributed by atoms with Gasteiger partial charge >= 0.3 is 0 Å². The van der Waals surface area contributed by atoms with Gasteiger partial charge in [-0.3, -0.25) is 9.48 Å². The summed E-state index contributed by atoms with van der Waals surface area (Å²) in [5.41, 5.74) is 4.82. The summed E-state index contributed by atoms with van der Waals surface area (Å²) in [6.07, 6.45) is 5.83. The first kappa shape index (κ1) is 21.6. The summed E-state index contributed by atoms with van der Waals surface area (Å²) in [7, 11) is 0. The average Bonchev–Trinajstić information content (AvgIpc) is 3.50. The number of nitrogens with one attached hydrogen (secondary N) is 1. The lowest BCUT2D eigenvalue weighted by molar-refractivity contribution is -0.133. The molecule has 9 nitrogen and oxygen atoms in total. The van der Waals surface area contributed by atoms with Gasteiger partial charge in [0.15, 0.2) is 5.82 Å². The number of hydrogen-bond acceptors (Lipinski definition) is 7. The third kappa shape index (κ3) is 4.10. The standard InChI is InChI=1S/C25H25FN8O/c1-16-12-32(9-7-27-16)23(35)14-33-13-18(11-30-33)20-3-4-21-24(31-20)25(29-15-28-21)34-8-6-17-10-19(26)2-5-22(17)34/h2-5,10-11,13,15-16,27H,6-9,12,14H2,1H3/t16-/m0/s1. The third-order valence-corrected chi connectivity index (χ3v) is 6.60. The largest absolute Gasteiger partial charge is 0.338 e. The van der Waals surface area contributed by atoms with E-state index in [1.54, 1.807) is 23.0 Å². The first-order valence-corrected chi connectivity index (χ1v) is 11.8. The molecule has 3 aromatic heterocycles. The molecule has 1 saturated heterocycles. The molecule has 1 atom stereocenters. The fourth-order valence-electron chi connectivity index (χ4n) is 4.86. The van der Waals surface area contributed by atoms with Gasteiger partial charge in [-0.15, -0.1) is 0 Å². The van der Waals surface area contributed by atoms with E-state index >= 15 is 0 Å². The lowest BCUT2D eigenvalue weighted by atomic mass is 10.1. The molecule has 5 heterocycles. The Morgan fingerprint density at radius 1 is 1.20 bits per heavy atom. The predicted octanol–water partition coefficient (Wildman–Crippen LogP) is 2.54. The topological polar surface area (TPSA) is 92.1 Å². The molecule has 0 spiro atoms. The maximum atomic E-state index is 13.7. The summed E-state index contributed by atoms with van der Waals surface area (Å²) in [6.45, 7) is 5.18. The molecule has 35 heavy (non-hydrogen) atoms. The van der Waals surface area contributed by atoms with Gasteiger partial charge in [-0.05, 0) is 49.2 Å². The van der Waals surface area contributed by atoms with Crippen LogP contribution in [0.15, 0.2) is 49.1 Å². The van der Waals surface area contributed by atoms with Gasteiger partial charge in [0, 0.05) is 49.7 Å². The number of carbonyl (C=O) groups excluding carboxylic acids is 1. The molecule has 178 valence electrons. The molecular weight excluding hydrogens is 447 g/mol. The molecule has 6 rings (SSSR count). The minimum atomic E-state index is -0.236. The molecule has 0 bridgehead atoms. The summed E-state index contributed by atoms with van der Waals surface area (Å²) < 4.78 is 15.4. The van der Waals surface area contributed by atoms with Crippen molar-refractivity contribution in [2.75, 3.05) is 31.1 Å². The number of fused-ring (bicyclic) bond motifs is 2. The second-order valence-electron chi connectivity index (χ2n) is 9.06. The zero-order chi connectivity index (χ0) is 23.9. The van der Waals surface area contributed by atoms with Crippen LogP contribution in [0.3, 0.4) is 0 Å². The minimum Gasteiger partial charge on any atom is -0.338 e. The summed E-state index contributed by atoms with van der Waals surface area (Å²) in [5, 5.41) is 7.75. The molecule has 1 fully saturated rings. The normalized spacial score (nSPS) is 17.7. The maximum Gasteiger partial charge on any atom is 0.244 e. The Balaban J connectivity index is 1.28. The van der Waals surface area contributed by atoms with Crippen LogP contribution in [-0.2, 0) is 17.8 Å². The Kier molecular flexibility index (Phi) is 5.37. The van der Waals surface area contributed by atoms with E-state index in [1.807, 2.05) is 23.2 Å². The predicted molar refractivity (Wildman–Crippen MR) is 130 cm³/mol. The number of piperazine rings is 1. The van der Waals surface area contributed by atoms with Crippen LogP contribution in [0.5, 0.6) is 0 Å². The van der Waals surface area contributed by atoms with E-state index in [-0.39, 0.29) is 18.3 Å². The molecule has 2 aliphatic heterocycles. The Labute approximate surface area is 201 Å². The van der Waals surface area contributed by atoms with E-state index in [0.717, 1.165) is 41.0 Å². The van der Waals surface area contributed by atoms with Gasteiger partial charge in [0.2, 0.25) is 5.91 Å². The summed E-state index contributed by atoms with van der Waals surface area (Å²) in [6, 6.07) is 8.93. The molecule has 1 aromatic carbocycles. The fraction of sp³-hybridized carbons (Fsp3) is 0.320. The zero-order valence-corrected chi connectivity index (χ0v) is 19.4. The SMILES string of the molecule is C[C@H]1CN(C(=O)Cn2cc(-c3ccc4ncnc(N5CCc6cc(F)ccc65)c4n3)cn2)CCN1. The highest BCUT2D eigenvalue weighted by atomic mass is 19.1. The minimum absolute atomic E-state index is 0.0549. The Hall–Kier alpha value is -3.92. The lowest BCUT2D eigenvalue weighted by Crippen LogP contribution is -2.52. The van der Waals surface area contributed by atoms with Crippen molar-refractivity contribution in [1.82, 2.24) is 34.9 Å². The van der Waals surface area contributed by atoms with Gasteiger partial charge < -0.3 is 15.1 Å². The fourth-order valence-corrected chi connectivity index (χ4v) is 4.86. The summed E-state index contributed by atoms with van der Waals surface area (Å²) in [4.78, 5) is 30.4. The van der Waals surface area contributed by atoms with E-state index in [9.17, 15) is 9.18 Å². The number of anilines is 2. The number of benzene rings is 1. The number of hydrogen-bond donors (Lipinski definition) is 1. The second-order valence-corrected chi connectivity index (χ2v) is 9.06. The van der Waals surface area contributed by atoms with Gasteiger partial charge in [0.05, 0.1) is 17.4 Å². The molecule has 2 aliphatic rings. The highest BCUT2D eigenvalue weighted by Crippen LogP contribution is 2.36. The van der Waals surface area contributed by atoms with Crippen molar-refractivity contribution in [3.8, 4) is 11.3 Å². The van der Waals surface area contributed by atoms with Crippen molar-refractivity contribution in [1.29, 1.82) is 0 Å². The lowest BCUT2D eigenvalue weighted by Gasteiger charge is -2.31. The van der Waals surface area contributed by atoms with Crippen molar-refractivity contribution < 1.29 is 9.18 Å². The average molecular weight is 473 g/mol. The van der Waals surface area contributed by atoms with Crippen molar-refractivity contribution in [2.24, 2.45) is 0 Å². The number of pyridine rings is 1. The van der Waals surface area contributed by atoms with E-state index in [1.165, 1.54) is 12.4 Å². The summed E-state index contributed by atoms with van der Waals surface area (Å²) >= 11 is 0. The van der Waals surface area contributed by atoms with Gasteiger partial charge in [-0.25, -0.2) is 19.3 Å². The smallest absolute Gasteiger partial charge is 0.244 e. The molecule has 0 radical (unpaired) electrons. The van der Waals surface area contributed by atoms with Crippen LogP contribution < -0.4 is 10.2 Å². The number of halogens is 1. The van der Waals surface area contributed by atoms with Gasteiger partial charge in [-0.2, -0.15) is 5.10 Å². The Morgan fingerprint density at radius 2 is 2.11 bits per heavy atom. The number of rotatable bonds is 4. The maximum absolute atomic E-state index is 13.7. The van der Waals surface area contributed by atoms with Crippen LogP contribution in [-0.4, -0.2) is 67.8 Å². The Bertz CT molecular complexity index is 1420. The van der Waals surface area contributed by atoms with Crippen LogP contribution in [0.25, 0.3) is 22.3 Å². The molecule has 0 saturated carbocycles. The third-order valence-electron chi connectivity index (χ3n) is 6.60. The van der Waals surface area contributed by atoms with E-state index < -0.39 is 0 Å². The van der Waals surface area contributed by atoms with E-state index in [0.29, 0.717) is 37.0 Å². The van der Waals surface area contributed by atoms with Crippen LogP contribution in [0.1, 0.15) is 12.5 Å². The number of aromatic nitrogens is 5. The van der Waals surface area contributed by atoms with Crippen LogP contribution in [0.4, 0.5) is 15.9 Å².